The van der Waals surface area contributed by atoms with Crippen LogP contribution in [-0.2, 0) is 16.1 Å². The summed E-state index contributed by atoms with van der Waals surface area (Å²) in [6.07, 6.45) is 1.77. The summed E-state index contributed by atoms with van der Waals surface area (Å²) in [6.45, 7) is 8.11. The number of pyridine rings is 1. The van der Waals surface area contributed by atoms with Crippen molar-refractivity contribution in [2.45, 2.75) is 46.4 Å². The van der Waals surface area contributed by atoms with Crippen molar-refractivity contribution in [3.8, 4) is 5.88 Å². The van der Waals surface area contributed by atoms with E-state index in [1.54, 1.807) is 6.20 Å². The van der Waals surface area contributed by atoms with Crippen molar-refractivity contribution in [1.82, 2.24) is 10.3 Å². The molecule has 1 rings (SSSR count). The standard InChI is InChI=1S/C14H22N2O3/c1-10(2)18-9-13(17)16-8-12-6-5-7-15-14(12)19-11(3)4/h5-7,10-11H,8-9H2,1-4H3,(H,16,17). The van der Waals surface area contributed by atoms with Crippen LogP contribution in [0.3, 0.4) is 0 Å². The number of amides is 1. The summed E-state index contributed by atoms with van der Waals surface area (Å²) in [7, 11) is 0. The van der Waals surface area contributed by atoms with Gasteiger partial charge in [-0.25, -0.2) is 4.98 Å². The second kappa shape index (κ2) is 7.74. The van der Waals surface area contributed by atoms with Gasteiger partial charge < -0.3 is 14.8 Å². The van der Waals surface area contributed by atoms with Gasteiger partial charge in [-0.2, -0.15) is 0 Å². The van der Waals surface area contributed by atoms with E-state index in [1.807, 2.05) is 39.8 Å². The molecule has 0 saturated carbocycles. The highest BCUT2D eigenvalue weighted by Crippen LogP contribution is 2.15. The number of ether oxygens (including phenoxy) is 2. The van der Waals surface area contributed by atoms with Gasteiger partial charge in [0.1, 0.15) is 6.61 Å². The quantitative estimate of drug-likeness (QED) is 0.819. The molecule has 0 unspecified atom stereocenters. The predicted molar refractivity (Wildman–Crippen MR) is 72.9 cm³/mol. The van der Waals surface area contributed by atoms with Crippen molar-refractivity contribution < 1.29 is 14.3 Å². The van der Waals surface area contributed by atoms with Crippen molar-refractivity contribution in [3.05, 3.63) is 23.9 Å². The number of hydrogen-bond donors (Lipinski definition) is 1. The Morgan fingerprint density at radius 2 is 2.05 bits per heavy atom. The maximum absolute atomic E-state index is 11.6. The van der Waals surface area contributed by atoms with Gasteiger partial charge in [0, 0.05) is 18.3 Å². The molecule has 1 aromatic rings. The van der Waals surface area contributed by atoms with Crippen molar-refractivity contribution >= 4 is 5.91 Å². The van der Waals surface area contributed by atoms with Crippen molar-refractivity contribution in [1.29, 1.82) is 0 Å². The van der Waals surface area contributed by atoms with Crippen LogP contribution in [0.5, 0.6) is 5.88 Å². The van der Waals surface area contributed by atoms with Crippen LogP contribution in [0.2, 0.25) is 0 Å². The number of hydrogen-bond acceptors (Lipinski definition) is 4. The number of aromatic nitrogens is 1. The highest BCUT2D eigenvalue weighted by molar-refractivity contribution is 5.77. The zero-order valence-electron chi connectivity index (χ0n) is 12.0. The molecule has 5 heteroatoms. The van der Waals surface area contributed by atoms with E-state index in [-0.39, 0.29) is 24.7 Å². The fourth-order valence-electron chi connectivity index (χ4n) is 1.38. The fourth-order valence-corrected chi connectivity index (χ4v) is 1.38. The van der Waals surface area contributed by atoms with Gasteiger partial charge in [-0.05, 0) is 33.8 Å². The molecule has 1 aromatic heterocycles. The minimum atomic E-state index is -0.145. The minimum Gasteiger partial charge on any atom is -0.475 e. The number of nitrogens with zero attached hydrogens (tertiary/aromatic N) is 1. The summed E-state index contributed by atoms with van der Waals surface area (Å²) < 4.78 is 10.8. The van der Waals surface area contributed by atoms with Gasteiger partial charge in [0.05, 0.1) is 12.2 Å². The van der Waals surface area contributed by atoms with Crippen LogP contribution < -0.4 is 10.1 Å². The largest absolute Gasteiger partial charge is 0.475 e. The second-order valence-corrected chi connectivity index (χ2v) is 4.77. The monoisotopic (exact) mass is 266 g/mol. The summed E-state index contributed by atoms with van der Waals surface area (Å²) in [5.41, 5.74) is 0.856. The maximum atomic E-state index is 11.6. The van der Waals surface area contributed by atoms with E-state index in [0.29, 0.717) is 12.4 Å². The van der Waals surface area contributed by atoms with Gasteiger partial charge >= 0.3 is 0 Å². The molecule has 0 saturated heterocycles. The van der Waals surface area contributed by atoms with Crippen LogP contribution in [0.1, 0.15) is 33.3 Å². The normalized spacial score (nSPS) is 10.8. The molecule has 0 aliphatic heterocycles. The van der Waals surface area contributed by atoms with Gasteiger partial charge in [0.2, 0.25) is 11.8 Å². The van der Waals surface area contributed by atoms with E-state index in [9.17, 15) is 4.79 Å². The smallest absolute Gasteiger partial charge is 0.246 e. The molecular weight excluding hydrogens is 244 g/mol. The van der Waals surface area contributed by atoms with Crippen LogP contribution in [-0.4, -0.2) is 29.7 Å². The second-order valence-electron chi connectivity index (χ2n) is 4.77. The molecule has 0 atom stereocenters. The molecule has 19 heavy (non-hydrogen) atoms. The van der Waals surface area contributed by atoms with Crippen LogP contribution in [0.4, 0.5) is 0 Å². The molecule has 1 amide bonds. The van der Waals surface area contributed by atoms with E-state index in [1.165, 1.54) is 0 Å². The van der Waals surface area contributed by atoms with Gasteiger partial charge in [0.15, 0.2) is 0 Å². The van der Waals surface area contributed by atoms with Gasteiger partial charge in [-0.3, -0.25) is 4.79 Å². The average molecular weight is 266 g/mol. The molecule has 5 nitrogen and oxygen atoms in total. The third-order valence-corrected chi connectivity index (χ3v) is 2.22. The Labute approximate surface area is 114 Å². The number of carbonyl (C=O) groups excluding carboxylic acids is 1. The minimum absolute atomic E-state index is 0.0453. The zero-order chi connectivity index (χ0) is 14.3. The topological polar surface area (TPSA) is 60.5 Å². The molecular formula is C14H22N2O3. The molecule has 0 aliphatic carbocycles. The molecule has 0 spiro atoms. The van der Waals surface area contributed by atoms with Gasteiger partial charge in [0.25, 0.3) is 0 Å². The summed E-state index contributed by atoms with van der Waals surface area (Å²) in [5.74, 6) is 0.413. The molecule has 1 heterocycles. The lowest BCUT2D eigenvalue weighted by Gasteiger charge is -2.13. The van der Waals surface area contributed by atoms with Gasteiger partial charge in [-0.1, -0.05) is 6.07 Å². The van der Waals surface area contributed by atoms with Crippen molar-refractivity contribution in [2.75, 3.05) is 6.61 Å². The van der Waals surface area contributed by atoms with Crippen molar-refractivity contribution in [3.63, 3.8) is 0 Å². The van der Waals surface area contributed by atoms with Crippen LogP contribution in [0.15, 0.2) is 18.3 Å². The zero-order valence-corrected chi connectivity index (χ0v) is 12.0. The first-order chi connectivity index (χ1) is 8.99. The summed E-state index contributed by atoms with van der Waals surface area (Å²) in [5, 5.41) is 2.78. The molecule has 106 valence electrons. The van der Waals surface area contributed by atoms with E-state index in [4.69, 9.17) is 9.47 Å². The Bertz CT molecular complexity index is 405. The first-order valence-corrected chi connectivity index (χ1v) is 6.48. The van der Waals surface area contributed by atoms with Crippen molar-refractivity contribution in [2.24, 2.45) is 0 Å². The summed E-state index contributed by atoms with van der Waals surface area (Å²) in [6, 6.07) is 3.70. The van der Waals surface area contributed by atoms with E-state index >= 15 is 0 Å². The van der Waals surface area contributed by atoms with Crippen LogP contribution >= 0.6 is 0 Å². The molecule has 0 aromatic carbocycles. The highest BCUT2D eigenvalue weighted by Gasteiger charge is 2.08. The first-order valence-electron chi connectivity index (χ1n) is 6.48. The first kappa shape index (κ1) is 15.4. The Balaban J connectivity index is 2.50. The number of carbonyl (C=O) groups is 1. The highest BCUT2D eigenvalue weighted by atomic mass is 16.5. The molecule has 0 aliphatic rings. The fraction of sp³-hybridized carbons (Fsp3) is 0.571. The lowest BCUT2D eigenvalue weighted by molar-refractivity contribution is -0.127. The Kier molecular flexibility index (Phi) is 6.29. The van der Waals surface area contributed by atoms with Crippen LogP contribution in [0, 0.1) is 0 Å². The van der Waals surface area contributed by atoms with E-state index in [2.05, 4.69) is 10.3 Å². The summed E-state index contributed by atoms with van der Waals surface area (Å²) >= 11 is 0. The van der Waals surface area contributed by atoms with E-state index < -0.39 is 0 Å². The lowest BCUT2D eigenvalue weighted by atomic mass is 10.2. The summed E-state index contributed by atoms with van der Waals surface area (Å²) in [4.78, 5) is 15.7. The third-order valence-electron chi connectivity index (χ3n) is 2.22. The molecule has 0 fully saturated rings. The molecule has 0 radical (unpaired) electrons. The SMILES string of the molecule is CC(C)OCC(=O)NCc1cccnc1OC(C)C. The molecule has 1 N–H and O–H groups in total. The predicted octanol–water partition coefficient (Wildman–Crippen LogP) is 1.91. The Morgan fingerprint density at radius 3 is 2.68 bits per heavy atom. The van der Waals surface area contributed by atoms with Gasteiger partial charge in [-0.15, -0.1) is 0 Å². The lowest BCUT2D eigenvalue weighted by Crippen LogP contribution is -2.28. The van der Waals surface area contributed by atoms with Crippen LogP contribution in [0.25, 0.3) is 0 Å². The number of nitrogens with one attached hydrogen (secondary N) is 1. The third kappa shape index (κ3) is 6.20. The number of rotatable bonds is 7. The molecule has 0 bridgehead atoms. The Morgan fingerprint density at radius 1 is 1.32 bits per heavy atom. The van der Waals surface area contributed by atoms with E-state index in [0.717, 1.165) is 5.56 Å². The maximum Gasteiger partial charge on any atom is 0.246 e. The average Bonchev–Trinajstić information content (AvgIpc) is 2.34. The Hall–Kier alpha value is -1.62.